The Balaban J connectivity index is 0.00000264. The van der Waals surface area contributed by atoms with Gasteiger partial charge in [-0.15, -0.1) is 12.4 Å². The number of benzene rings is 2. The van der Waals surface area contributed by atoms with Crippen LogP contribution < -0.4 is 10.0 Å². The van der Waals surface area contributed by atoms with Gasteiger partial charge in [0, 0.05) is 24.7 Å². The second kappa shape index (κ2) is 7.25. The van der Waals surface area contributed by atoms with Crippen LogP contribution in [0.1, 0.15) is 5.56 Å². The maximum absolute atomic E-state index is 14.1. The van der Waals surface area contributed by atoms with Crippen LogP contribution in [0.2, 0.25) is 0 Å². The molecule has 0 radical (unpaired) electrons. The van der Waals surface area contributed by atoms with Gasteiger partial charge in [0.25, 0.3) is 0 Å². The van der Waals surface area contributed by atoms with Crippen LogP contribution in [0.4, 0.5) is 14.5 Å². The number of hydrogen-bond acceptors (Lipinski definition) is 3. The fraction of sp³-hybridized carbons (Fsp3) is 0.200. The van der Waals surface area contributed by atoms with Crippen molar-refractivity contribution in [2.75, 3.05) is 17.6 Å². The minimum Gasteiger partial charge on any atom is -0.326 e. The van der Waals surface area contributed by atoms with Crippen molar-refractivity contribution in [3.05, 3.63) is 53.6 Å². The molecule has 0 fully saturated rings. The summed E-state index contributed by atoms with van der Waals surface area (Å²) in [5, 5.41) is 0. The van der Waals surface area contributed by atoms with Gasteiger partial charge in [-0.1, -0.05) is 24.3 Å². The molecule has 0 amide bonds. The molecule has 2 rings (SSSR count). The summed E-state index contributed by atoms with van der Waals surface area (Å²) in [6.45, 7) is 0.0470. The van der Waals surface area contributed by atoms with E-state index in [1.54, 1.807) is 6.07 Å². The third-order valence-electron chi connectivity index (χ3n) is 3.38. The molecule has 0 bridgehead atoms. The molecule has 0 aliphatic rings. The van der Waals surface area contributed by atoms with Crippen molar-refractivity contribution in [3.8, 4) is 11.1 Å². The van der Waals surface area contributed by atoms with Crippen molar-refractivity contribution in [1.82, 2.24) is 0 Å². The number of hydrogen-bond donors (Lipinski definition) is 1. The minimum atomic E-state index is -3.65. The van der Waals surface area contributed by atoms with Crippen molar-refractivity contribution in [2.45, 2.75) is 6.54 Å². The van der Waals surface area contributed by atoms with Gasteiger partial charge in [-0.25, -0.2) is 17.2 Å². The Morgan fingerprint density at radius 2 is 1.78 bits per heavy atom. The maximum Gasteiger partial charge on any atom is 0.232 e. The van der Waals surface area contributed by atoms with E-state index in [4.69, 9.17) is 5.73 Å². The van der Waals surface area contributed by atoms with Gasteiger partial charge in [-0.3, -0.25) is 4.31 Å². The minimum absolute atomic E-state index is 0. The summed E-state index contributed by atoms with van der Waals surface area (Å²) in [4.78, 5) is 0. The van der Waals surface area contributed by atoms with E-state index in [1.807, 2.05) is 0 Å². The highest BCUT2D eigenvalue weighted by atomic mass is 35.5. The molecule has 4 nitrogen and oxygen atoms in total. The lowest BCUT2D eigenvalue weighted by Crippen LogP contribution is -2.26. The quantitative estimate of drug-likeness (QED) is 0.909. The third-order valence-corrected chi connectivity index (χ3v) is 4.56. The molecule has 2 N–H and O–H groups in total. The van der Waals surface area contributed by atoms with Gasteiger partial charge in [-0.05, 0) is 17.7 Å². The Morgan fingerprint density at radius 1 is 1.13 bits per heavy atom. The smallest absolute Gasteiger partial charge is 0.232 e. The molecule has 0 saturated carbocycles. The molecule has 8 heteroatoms. The van der Waals surface area contributed by atoms with Crippen molar-refractivity contribution in [1.29, 1.82) is 0 Å². The van der Waals surface area contributed by atoms with E-state index in [0.717, 1.165) is 16.6 Å². The average Bonchev–Trinajstić information content (AvgIpc) is 2.45. The number of para-hydroxylation sites is 1. The standard InChI is InChI=1S/C15H16F2N2O2S.ClH/c1-19(22(2,20)21)15-12(4-3-5-13(15)16)10-6-7-11(9-18)14(17)8-10;/h3-8H,9,18H2,1-2H3;1H. The zero-order chi connectivity index (χ0) is 16.5. The fourth-order valence-corrected chi connectivity index (χ4v) is 2.63. The Kier molecular flexibility index (Phi) is 6.10. The summed E-state index contributed by atoms with van der Waals surface area (Å²) in [6, 6.07) is 8.44. The van der Waals surface area contributed by atoms with Gasteiger partial charge < -0.3 is 5.73 Å². The van der Waals surface area contributed by atoms with E-state index in [-0.39, 0.29) is 30.2 Å². The van der Waals surface area contributed by atoms with Crippen LogP contribution >= 0.6 is 12.4 Å². The Bertz CT molecular complexity index is 813. The normalized spacial score (nSPS) is 11.0. The topological polar surface area (TPSA) is 63.4 Å². The molecule has 0 atom stereocenters. The molecular formula is C15H17ClF2N2O2S. The van der Waals surface area contributed by atoms with Crippen LogP contribution in [0.3, 0.4) is 0 Å². The number of rotatable bonds is 4. The van der Waals surface area contributed by atoms with Gasteiger partial charge in [0.2, 0.25) is 10.0 Å². The van der Waals surface area contributed by atoms with Gasteiger partial charge >= 0.3 is 0 Å². The SMILES string of the molecule is CN(c1c(F)cccc1-c1ccc(CN)c(F)c1)S(C)(=O)=O.Cl. The van der Waals surface area contributed by atoms with Crippen molar-refractivity contribution < 1.29 is 17.2 Å². The van der Waals surface area contributed by atoms with Crippen LogP contribution in [0.15, 0.2) is 36.4 Å². The van der Waals surface area contributed by atoms with Gasteiger partial charge in [0.1, 0.15) is 11.6 Å². The Hall–Kier alpha value is -1.70. The molecule has 0 heterocycles. The molecule has 0 spiro atoms. The predicted octanol–water partition coefficient (Wildman–Crippen LogP) is 2.91. The van der Waals surface area contributed by atoms with E-state index in [1.165, 1.54) is 31.3 Å². The first-order valence-corrected chi connectivity index (χ1v) is 8.32. The first-order valence-electron chi connectivity index (χ1n) is 6.47. The van der Waals surface area contributed by atoms with E-state index < -0.39 is 21.7 Å². The third kappa shape index (κ3) is 3.99. The maximum atomic E-state index is 14.1. The highest BCUT2D eigenvalue weighted by molar-refractivity contribution is 7.92. The largest absolute Gasteiger partial charge is 0.326 e. The lowest BCUT2D eigenvalue weighted by molar-refractivity contribution is 0.595. The number of anilines is 1. The van der Waals surface area contributed by atoms with Crippen LogP contribution in [0.5, 0.6) is 0 Å². The Labute approximate surface area is 140 Å². The van der Waals surface area contributed by atoms with Crippen molar-refractivity contribution >= 4 is 28.1 Å². The molecule has 0 unspecified atom stereocenters. The molecule has 126 valence electrons. The van der Waals surface area contributed by atoms with Gasteiger partial charge in [0.15, 0.2) is 0 Å². The number of sulfonamides is 1. The first-order chi connectivity index (χ1) is 10.3. The van der Waals surface area contributed by atoms with Gasteiger partial charge in [-0.2, -0.15) is 0 Å². The molecule has 0 aliphatic heterocycles. The summed E-state index contributed by atoms with van der Waals surface area (Å²) in [7, 11) is -2.40. The predicted molar refractivity (Wildman–Crippen MR) is 90.2 cm³/mol. The zero-order valence-corrected chi connectivity index (χ0v) is 14.2. The molecule has 2 aromatic carbocycles. The van der Waals surface area contributed by atoms with Gasteiger partial charge in [0.05, 0.1) is 11.9 Å². The van der Waals surface area contributed by atoms with Crippen LogP contribution in [0.25, 0.3) is 11.1 Å². The van der Waals surface area contributed by atoms with Crippen LogP contribution in [-0.2, 0) is 16.6 Å². The lowest BCUT2D eigenvalue weighted by Gasteiger charge is -2.21. The molecule has 2 aromatic rings. The van der Waals surface area contributed by atoms with E-state index in [9.17, 15) is 17.2 Å². The van der Waals surface area contributed by atoms with Crippen molar-refractivity contribution in [3.63, 3.8) is 0 Å². The molecule has 23 heavy (non-hydrogen) atoms. The summed E-state index contributed by atoms with van der Waals surface area (Å²) >= 11 is 0. The monoisotopic (exact) mass is 362 g/mol. The average molecular weight is 363 g/mol. The molecular weight excluding hydrogens is 346 g/mol. The van der Waals surface area contributed by atoms with Crippen LogP contribution in [-0.4, -0.2) is 21.7 Å². The Morgan fingerprint density at radius 3 is 2.30 bits per heavy atom. The summed E-state index contributed by atoms with van der Waals surface area (Å²) < 4.78 is 52.3. The van der Waals surface area contributed by atoms with Crippen molar-refractivity contribution in [2.24, 2.45) is 5.73 Å². The van der Waals surface area contributed by atoms with Crippen LogP contribution in [0, 0.1) is 11.6 Å². The zero-order valence-electron chi connectivity index (χ0n) is 12.6. The van der Waals surface area contributed by atoms with E-state index in [0.29, 0.717) is 11.1 Å². The van der Waals surface area contributed by atoms with E-state index >= 15 is 0 Å². The molecule has 0 aromatic heterocycles. The number of halogens is 3. The highest BCUT2D eigenvalue weighted by Gasteiger charge is 2.21. The molecule has 0 aliphatic carbocycles. The number of nitrogens with zero attached hydrogens (tertiary/aromatic N) is 1. The molecule has 0 saturated heterocycles. The second-order valence-electron chi connectivity index (χ2n) is 4.88. The summed E-state index contributed by atoms with van der Waals surface area (Å²) in [5.74, 6) is -1.22. The van der Waals surface area contributed by atoms with E-state index in [2.05, 4.69) is 0 Å². The fourth-order valence-electron chi connectivity index (χ4n) is 2.11. The number of nitrogens with two attached hydrogens (primary N) is 1. The summed E-state index contributed by atoms with van der Waals surface area (Å²) in [5.41, 5.74) is 6.28. The lowest BCUT2D eigenvalue weighted by atomic mass is 10.0. The second-order valence-corrected chi connectivity index (χ2v) is 6.89. The summed E-state index contributed by atoms with van der Waals surface area (Å²) in [6.07, 6.45) is 0.974. The highest BCUT2D eigenvalue weighted by Crippen LogP contribution is 2.34. The first kappa shape index (κ1) is 19.3.